The average molecular weight is 243 g/mol. The summed E-state index contributed by atoms with van der Waals surface area (Å²) in [4.78, 5) is 21.5. The molecule has 0 aliphatic carbocycles. The van der Waals surface area contributed by atoms with Crippen molar-refractivity contribution in [3.05, 3.63) is 43.9 Å². The first-order valence-electron chi connectivity index (χ1n) is 5.01. The number of hydrogen-bond donors (Lipinski definition) is 0. The molecular weight excluding hydrogens is 230 g/mol. The summed E-state index contributed by atoms with van der Waals surface area (Å²) in [5.41, 5.74) is -0.241. The van der Waals surface area contributed by atoms with Crippen molar-refractivity contribution >= 4 is 0 Å². The molecule has 0 amide bonds. The van der Waals surface area contributed by atoms with Gasteiger partial charge in [-0.25, -0.2) is 0 Å². The minimum absolute atomic E-state index is 0.0199. The van der Waals surface area contributed by atoms with E-state index < -0.39 is 9.85 Å². The molecule has 94 valence electrons. The Morgan fingerprint density at radius 2 is 1.88 bits per heavy atom. The van der Waals surface area contributed by atoms with E-state index in [-0.39, 0.29) is 11.3 Å². The van der Waals surface area contributed by atoms with Gasteiger partial charge in [0.05, 0.1) is 34.8 Å². The molecule has 17 heavy (non-hydrogen) atoms. The first-order valence-corrected chi connectivity index (χ1v) is 5.01. The standard InChI is InChI=1S/C9H13N3O5/c1-8(6-11(13)14)9(12(15)16)7-10-2-4-17-5-3-10/h6-7H,2-5H2,1H3/b8-6-,9-7+. The molecule has 0 radical (unpaired) electrons. The molecule has 0 spiro atoms. The molecule has 8 nitrogen and oxygen atoms in total. The molecule has 0 atom stereocenters. The fraction of sp³-hybridized carbons (Fsp3) is 0.556. The van der Waals surface area contributed by atoms with E-state index in [4.69, 9.17) is 4.74 Å². The molecule has 1 aliphatic heterocycles. The monoisotopic (exact) mass is 243 g/mol. The highest BCUT2D eigenvalue weighted by atomic mass is 16.6. The molecule has 0 unspecified atom stereocenters. The van der Waals surface area contributed by atoms with Gasteiger partial charge in [-0.2, -0.15) is 0 Å². The second kappa shape index (κ2) is 5.94. The van der Waals surface area contributed by atoms with E-state index in [1.807, 2.05) is 0 Å². The van der Waals surface area contributed by atoms with Crippen LogP contribution in [0.5, 0.6) is 0 Å². The number of nitro groups is 2. The molecule has 0 bridgehead atoms. The molecule has 1 rings (SSSR count). The summed E-state index contributed by atoms with van der Waals surface area (Å²) < 4.78 is 5.10. The van der Waals surface area contributed by atoms with E-state index in [0.29, 0.717) is 32.5 Å². The van der Waals surface area contributed by atoms with Gasteiger partial charge in [0.1, 0.15) is 0 Å². The highest BCUT2D eigenvalue weighted by molar-refractivity contribution is 5.20. The normalized spacial score (nSPS) is 18.1. The lowest BCUT2D eigenvalue weighted by Crippen LogP contribution is -2.33. The van der Waals surface area contributed by atoms with Crippen LogP contribution in [-0.2, 0) is 4.74 Å². The van der Waals surface area contributed by atoms with E-state index in [9.17, 15) is 20.2 Å². The van der Waals surface area contributed by atoms with Crippen molar-refractivity contribution in [2.24, 2.45) is 0 Å². The predicted molar refractivity (Wildman–Crippen MR) is 58.2 cm³/mol. The third-order valence-corrected chi connectivity index (χ3v) is 2.25. The van der Waals surface area contributed by atoms with Crippen LogP contribution < -0.4 is 0 Å². The fourth-order valence-corrected chi connectivity index (χ4v) is 1.40. The van der Waals surface area contributed by atoms with Gasteiger partial charge < -0.3 is 9.64 Å². The Morgan fingerprint density at radius 3 is 2.35 bits per heavy atom. The van der Waals surface area contributed by atoms with E-state index in [1.165, 1.54) is 13.1 Å². The highest BCUT2D eigenvalue weighted by Gasteiger charge is 2.19. The van der Waals surface area contributed by atoms with Gasteiger partial charge in [0.15, 0.2) is 0 Å². The SMILES string of the molecule is CC(=C/[N+](=O)[O-])/C(=C\N1CCOCC1)[N+](=O)[O-]. The average Bonchev–Trinajstić information content (AvgIpc) is 2.25. The summed E-state index contributed by atoms with van der Waals surface area (Å²) in [5, 5.41) is 21.1. The molecule has 0 N–H and O–H groups in total. The Labute approximate surface area is 97.5 Å². The van der Waals surface area contributed by atoms with Gasteiger partial charge in [-0.15, -0.1) is 0 Å². The Morgan fingerprint density at radius 1 is 1.29 bits per heavy atom. The summed E-state index contributed by atoms with van der Waals surface area (Å²) in [5.74, 6) is 0. The van der Waals surface area contributed by atoms with Crippen molar-refractivity contribution < 1.29 is 14.6 Å². The first kappa shape index (κ1) is 13.1. The van der Waals surface area contributed by atoms with Gasteiger partial charge in [-0.3, -0.25) is 20.2 Å². The molecule has 1 saturated heterocycles. The zero-order chi connectivity index (χ0) is 12.8. The van der Waals surface area contributed by atoms with Crippen LogP contribution in [0.25, 0.3) is 0 Å². The molecular formula is C9H13N3O5. The third kappa shape index (κ3) is 4.19. The van der Waals surface area contributed by atoms with Gasteiger partial charge in [0.25, 0.3) is 5.70 Å². The van der Waals surface area contributed by atoms with E-state index in [2.05, 4.69) is 0 Å². The lowest BCUT2D eigenvalue weighted by atomic mass is 10.2. The number of morpholine rings is 1. The zero-order valence-corrected chi connectivity index (χ0v) is 9.37. The molecule has 8 heteroatoms. The molecule has 0 aromatic rings. The van der Waals surface area contributed by atoms with Crippen LogP contribution in [0.15, 0.2) is 23.7 Å². The number of hydrogen-bond acceptors (Lipinski definition) is 6. The van der Waals surface area contributed by atoms with Crippen molar-refractivity contribution in [3.63, 3.8) is 0 Å². The maximum absolute atomic E-state index is 10.8. The Kier molecular flexibility index (Phi) is 4.58. The maximum Gasteiger partial charge on any atom is 0.294 e. The molecule has 0 aromatic carbocycles. The lowest BCUT2D eigenvalue weighted by Gasteiger charge is -2.24. The van der Waals surface area contributed by atoms with Crippen LogP contribution >= 0.6 is 0 Å². The van der Waals surface area contributed by atoms with Crippen molar-refractivity contribution in [2.75, 3.05) is 26.3 Å². The van der Waals surface area contributed by atoms with E-state index >= 15 is 0 Å². The van der Waals surface area contributed by atoms with Crippen molar-refractivity contribution in [1.82, 2.24) is 4.90 Å². The Bertz CT molecular complexity index is 371. The molecule has 0 saturated carbocycles. The summed E-state index contributed by atoms with van der Waals surface area (Å²) in [6.45, 7) is 3.43. The summed E-state index contributed by atoms with van der Waals surface area (Å²) >= 11 is 0. The first-order chi connectivity index (χ1) is 8.00. The quantitative estimate of drug-likeness (QED) is 0.407. The molecule has 1 heterocycles. The molecule has 1 fully saturated rings. The summed E-state index contributed by atoms with van der Waals surface area (Å²) in [6, 6.07) is 0. The number of allylic oxidation sites excluding steroid dienone is 1. The van der Waals surface area contributed by atoms with Gasteiger partial charge >= 0.3 is 0 Å². The number of rotatable bonds is 4. The lowest BCUT2D eigenvalue weighted by molar-refractivity contribution is -0.427. The topological polar surface area (TPSA) is 98.8 Å². The zero-order valence-electron chi connectivity index (χ0n) is 9.37. The number of nitrogens with zero attached hydrogens (tertiary/aromatic N) is 3. The minimum Gasteiger partial charge on any atom is -0.378 e. The van der Waals surface area contributed by atoms with E-state index in [0.717, 1.165) is 0 Å². The van der Waals surface area contributed by atoms with Crippen LogP contribution in [-0.4, -0.2) is 41.0 Å². The number of ether oxygens (including phenoxy) is 1. The smallest absolute Gasteiger partial charge is 0.294 e. The van der Waals surface area contributed by atoms with Crippen LogP contribution in [0.3, 0.4) is 0 Å². The van der Waals surface area contributed by atoms with Crippen molar-refractivity contribution in [1.29, 1.82) is 0 Å². The van der Waals surface area contributed by atoms with Gasteiger partial charge in [0, 0.05) is 13.1 Å². The van der Waals surface area contributed by atoms with Gasteiger partial charge in [-0.1, -0.05) is 0 Å². The fourth-order valence-electron chi connectivity index (χ4n) is 1.40. The molecule has 0 aromatic heterocycles. The highest BCUT2D eigenvalue weighted by Crippen LogP contribution is 2.12. The largest absolute Gasteiger partial charge is 0.378 e. The van der Waals surface area contributed by atoms with E-state index in [1.54, 1.807) is 4.90 Å². The van der Waals surface area contributed by atoms with Crippen LogP contribution in [0.2, 0.25) is 0 Å². The Balaban J connectivity index is 2.87. The van der Waals surface area contributed by atoms with Crippen LogP contribution in [0, 0.1) is 20.2 Å². The second-order valence-corrected chi connectivity index (χ2v) is 3.52. The molecule has 1 aliphatic rings. The maximum atomic E-state index is 10.8. The van der Waals surface area contributed by atoms with Crippen molar-refractivity contribution in [3.8, 4) is 0 Å². The second-order valence-electron chi connectivity index (χ2n) is 3.52. The van der Waals surface area contributed by atoms with Crippen molar-refractivity contribution in [2.45, 2.75) is 6.92 Å². The van der Waals surface area contributed by atoms with Gasteiger partial charge in [-0.05, 0) is 6.92 Å². The van der Waals surface area contributed by atoms with Crippen LogP contribution in [0.4, 0.5) is 0 Å². The minimum atomic E-state index is -0.702. The van der Waals surface area contributed by atoms with Crippen LogP contribution in [0.1, 0.15) is 6.92 Å². The predicted octanol–water partition coefficient (Wildman–Crippen LogP) is 0.617. The third-order valence-electron chi connectivity index (χ3n) is 2.25. The Hall–Kier alpha value is -1.96. The summed E-state index contributed by atoms with van der Waals surface area (Å²) in [7, 11) is 0. The summed E-state index contributed by atoms with van der Waals surface area (Å²) in [6.07, 6.45) is 1.97. The van der Waals surface area contributed by atoms with Gasteiger partial charge in [0.2, 0.25) is 6.20 Å².